The molecule has 92 valence electrons. The minimum atomic E-state index is -0.289. The smallest absolute Gasteiger partial charge is 0.157 e. The van der Waals surface area contributed by atoms with Crippen LogP contribution in [0.3, 0.4) is 0 Å². The first-order valence-corrected chi connectivity index (χ1v) is 6.57. The first kappa shape index (κ1) is 12.6. The van der Waals surface area contributed by atoms with Gasteiger partial charge >= 0.3 is 0 Å². The summed E-state index contributed by atoms with van der Waals surface area (Å²) < 4.78 is 0. The lowest BCUT2D eigenvalue weighted by Crippen LogP contribution is -2.47. The number of carbonyl (C=O) groups is 1. The molecule has 2 nitrogen and oxygen atoms in total. The predicted molar refractivity (Wildman–Crippen MR) is 70.4 cm³/mol. The van der Waals surface area contributed by atoms with Crippen LogP contribution in [0.15, 0.2) is 24.3 Å². The Morgan fingerprint density at radius 1 is 1.53 bits per heavy atom. The van der Waals surface area contributed by atoms with Crippen molar-refractivity contribution in [2.75, 3.05) is 6.54 Å². The third-order valence-corrected chi connectivity index (χ3v) is 3.87. The van der Waals surface area contributed by atoms with Crippen LogP contribution in [0, 0.1) is 0 Å². The molecule has 0 spiro atoms. The molecule has 0 saturated carbocycles. The highest BCUT2D eigenvalue weighted by Gasteiger charge is 2.38. The van der Waals surface area contributed by atoms with Gasteiger partial charge in [-0.05, 0) is 43.5 Å². The van der Waals surface area contributed by atoms with Gasteiger partial charge in [0.15, 0.2) is 5.78 Å². The number of benzene rings is 1. The van der Waals surface area contributed by atoms with Gasteiger partial charge in [-0.25, -0.2) is 0 Å². The Labute approximate surface area is 107 Å². The molecule has 0 amide bonds. The van der Waals surface area contributed by atoms with Crippen LogP contribution in [0.5, 0.6) is 0 Å². The molecule has 1 atom stereocenters. The van der Waals surface area contributed by atoms with Gasteiger partial charge in [0.25, 0.3) is 0 Å². The van der Waals surface area contributed by atoms with E-state index in [1.807, 2.05) is 24.3 Å². The zero-order valence-electron chi connectivity index (χ0n) is 10.1. The van der Waals surface area contributed by atoms with E-state index in [1.165, 1.54) is 0 Å². The second-order valence-corrected chi connectivity index (χ2v) is 5.13. The zero-order chi connectivity index (χ0) is 12.3. The first-order valence-electron chi connectivity index (χ1n) is 6.19. The van der Waals surface area contributed by atoms with Crippen molar-refractivity contribution < 1.29 is 4.79 Å². The lowest BCUT2D eigenvalue weighted by atomic mass is 9.86. The van der Waals surface area contributed by atoms with Crippen molar-refractivity contribution in [3.8, 4) is 0 Å². The number of hydrogen-bond acceptors (Lipinski definition) is 2. The highest BCUT2D eigenvalue weighted by molar-refractivity contribution is 6.30. The number of carbonyl (C=O) groups excluding carboxylic acids is 1. The van der Waals surface area contributed by atoms with Crippen LogP contribution in [0.4, 0.5) is 0 Å². The van der Waals surface area contributed by atoms with Crippen LogP contribution in [-0.2, 0) is 11.2 Å². The second kappa shape index (κ2) is 5.19. The highest BCUT2D eigenvalue weighted by Crippen LogP contribution is 2.26. The van der Waals surface area contributed by atoms with Gasteiger partial charge in [-0.3, -0.25) is 4.79 Å². The van der Waals surface area contributed by atoms with Crippen molar-refractivity contribution in [2.45, 2.75) is 38.1 Å². The standard InChI is InChI=1S/C14H18ClNO/c1-2-14(7-4-8-16-14)13(17)10-11-5-3-6-12(15)9-11/h3,5-6,9,16H,2,4,7-8,10H2,1H3. The highest BCUT2D eigenvalue weighted by atomic mass is 35.5. The SMILES string of the molecule is CCC1(C(=O)Cc2cccc(Cl)c2)CCCN1. The summed E-state index contributed by atoms with van der Waals surface area (Å²) in [6.07, 6.45) is 3.39. The average Bonchev–Trinajstić information content (AvgIpc) is 2.78. The van der Waals surface area contributed by atoms with Gasteiger partial charge in [0.2, 0.25) is 0 Å². The Morgan fingerprint density at radius 3 is 2.94 bits per heavy atom. The van der Waals surface area contributed by atoms with Gasteiger partial charge in [0, 0.05) is 11.4 Å². The van der Waals surface area contributed by atoms with Crippen molar-refractivity contribution in [2.24, 2.45) is 0 Å². The summed E-state index contributed by atoms with van der Waals surface area (Å²) in [5.41, 5.74) is 0.714. The minimum absolute atomic E-state index is 0.289. The molecule has 1 unspecified atom stereocenters. The molecule has 1 aliphatic heterocycles. The lowest BCUT2D eigenvalue weighted by molar-refractivity contribution is -0.124. The van der Waals surface area contributed by atoms with Gasteiger partial charge in [-0.15, -0.1) is 0 Å². The maximum atomic E-state index is 12.4. The van der Waals surface area contributed by atoms with Crippen molar-refractivity contribution in [1.82, 2.24) is 5.32 Å². The number of rotatable bonds is 4. The Kier molecular flexibility index (Phi) is 3.85. The summed E-state index contributed by atoms with van der Waals surface area (Å²) in [5.74, 6) is 0.291. The predicted octanol–water partition coefficient (Wildman–Crippen LogP) is 2.98. The quantitative estimate of drug-likeness (QED) is 0.892. The molecule has 0 bridgehead atoms. The summed E-state index contributed by atoms with van der Waals surface area (Å²) in [6.45, 7) is 3.03. The second-order valence-electron chi connectivity index (χ2n) is 4.70. The Balaban J connectivity index is 2.10. The maximum Gasteiger partial charge on any atom is 0.157 e. The van der Waals surface area contributed by atoms with Crippen LogP contribution in [-0.4, -0.2) is 17.9 Å². The van der Waals surface area contributed by atoms with E-state index in [2.05, 4.69) is 12.2 Å². The van der Waals surface area contributed by atoms with E-state index in [1.54, 1.807) is 0 Å². The van der Waals surface area contributed by atoms with Gasteiger partial charge in [0.05, 0.1) is 5.54 Å². The molecule has 17 heavy (non-hydrogen) atoms. The van der Waals surface area contributed by atoms with E-state index < -0.39 is 0 Å². The van der Waals surface area contributed by atoms with Crippen molar-refractivity contribution in [1.29, 1.82) is 0 Å². The molecular formula is C14H18ClNO. The summed E-state index contributed by atoms with van der Waals surface area (Å²) in [4.78, 5) is 12.4. The Hall–Kier alpha value is -0.860. The largest absolute Gasteiger partial charge is 0.305 e. The van der Waals surface area contributed by atoms with E-state index in [0.29, 0.717) is 17.2 Å². The van der Waals surface area contributed by atoms with Crippen LogP contribution in [0.1, 0.15) is 31.7 Å². The summed E-state index contributed by atoms with van der Waals surface area (Å²) in [5, 5.41) is 4.07. The summed E-state index contributed by atoms with van der Waals surface area (Å²) in [7, 11) is 0. The number of halogens is 1. The monoisotopic (exact) mass is 251 g/mol. The third kappa shape index (κ3) is 2.70. The Morgan fingerprint density at radius 2 is 2.35 bits per heavy atom. The summed E-state index contributed by atoms with van der Waals surface area (Å²) in [6, 6.07) is 7.56. The third-order valence-electron chi connectivity index (χ3n) is 3.63. The van der Waals surface area contributed by atoms with E-state index >= 15 is 0 Å². The van der Waals surface area contributed by atoms with Crippen LogP contribution in [0.2, 0.25) is 5.02 Å². The zero-order valence-corrected chi connectivity index (χ0v) is 10.9. The lowest BCUT2D eigenvalue weighted by Gasteiger charge is -2.26. The number of ketones is 1. The van der Waals surface area contributed by atoms with Crippen molar-refractivity contribution >= 4 is 17.4 Å². The molecule has 0 aliphatic carbocycles. The molecule has 1 aromatic carbocycles. The van der Waals surface area contributed by atoms with Gasteiger partial charge < -0.3 is 5.32 Å². The number of hydrogen-bond donors (Lipinski definition) is 1. The average molecular weight is 252 g/mol. The fourth-order valence-electron chi connectivity index (χ4n) is 2.54. The molecule has 1 saturated heterocycles. The van der Waals surface area contributed by atoms with Gasteiger partial charge in [-0.2, -0.15) is 0 Å². The summed E-state index contributed by atoms with van der Waals surface area (Å²) >= 11 is 5.93. The topological polar surface area (TPSA) is 29.1 Å². The molecule has 1 heterocycles. The molecule has 0 radical (unpaired) electrons. The molecular weight excluding hydrogens is 234 g/mol. The fraction of sp³-hybridized carbons (Fsp3) is 0.500. The van der Waals surface area contributed by atoms with Crippen LogP contribution >= 0.6 is 11.6 Å². The molecule has 1 fully saturated rings. The van der Waals surface area contributed by atoms with Crippen LogP contribution in [0.25, 0.3) is 0 Å². The Bertz CT molecular complexity index is 410. The molecule has 2 rings (SSSR count). The van der Waals surface area contributed by atoms with Crippen molar-refractivity contribution in [3.05, 3.63) is 34.9 Å². The normalized spacial score (nSPS) is 23.9. The van der Waals surface area contributed by atoms with Gasteiger partial charge in [-0.1, -0.05) is 30.7 Å². The van der Waals surface area contributed by atoms with E-state index in [4.69, 9.17) is 11.6 Å². The molecule has 1 N–H and O–H groups in total. The van der Waals surface area contributed by atoms with Crippen molar-refractivity contribution in [3.63, 3.8) is 0 Å². The van der Waals surface area contributed by atoms with E-state index in [0.717, 1.165) is 31.4 Å². The molecule has 1 aromatic rings. The molecule has 3 heteroatoms. The van der Waals surface area contributed by atoms with E-state index in [-0.39, 0.29) is 5.54 Å². The van der Waals surface area contributed by atoms with E-state index in [9.17, 15) is 4.79 Å². The first-order chi connectivity index (χ1) is 8.16. The van der Waals surface area contributed by atoms with Gasteiger partial charge in [0.1, 0.15) is 0 Å². The molecule has 1 aliphatic rings. The maximum absolute atomic E-state index is 12.4. The van der Waals surface area contributed by atoms with Crippen LogP contribution < -0.4 is 5.32 Å². The number of Topliss-reactive ketones (excluding diaryl/α,β-unsaturated/α-hetero) is 1. The minimum Gasteiger partial charge on any atom is -0.305 e. The molecule has 0 aromatic heterocycles. The number of nitrogens with one attached hydrogen (secondary N) is 1. The fourth-order valence-corrected chi connectivity index (χ4v) is 2.76.